The van der Waals surface area contributed by atoms with E-state index in [0.29, 0.717) is 11.8 Å². The molecule has 0 saturated heterocycles. The number of nitrogens with zero attached hydrogens (tertiary/aromatic N) is 4. The van der Waals surface area contributed by atoms with Crippen molar-refractivity contribution in [2.75, 3.05) is 0 Å². The zero-order valence-corrected chi connectivity index (χ0v) is 26.4. The molecule has 2 heterocycles. The molecule has 0 bridgehead atoms. The molecule has 0 aliphatic heterocycles. The van der Waals surface area contributed by atoms with Gasteiger partial charge in [0.15, 0.2) is 0 Å². The predicted molar refractivity (Wildman–Crippen MR) is 186 cm³/mol. The summed E-state index contributed by atoms with van der Waals surface area (Å²) in [6, 6.07) is 43.2. The van der Waals surface area contributed by atoms with E-state index in [4.69, 9.17) is 9.97 Å². The molecule has 4 heteroatoms. The van der Waals surface area contributed by atoms with Gasteiger partial charge in [0.05, 0.1) is 16.7 Å². The Kier molecular flexibility index (Phi) is 7.64. The fraction of sp³-hybridized carbons (Fsp3) is 0.171. The van der Waals surface area contributed by atoms with Gasteiger partial charge in [0, 0.05) is 29.2 Å². The van der Waals surface area contributed by atoms with Gasteiger partial charge in [-0.15, -0.1) is 0 Å². The van der Waals surface area contributed by atoms with Crippen LogP contribution in [0.4, 0.5) is 0 Å². The average Bonchev–Trinajstić information content (AvgIpc) is 3.71. The van der Waals surface area contributed by atoms with Crippen molar-refractivity contribution in [3.05, 3.63) is 156 Å². The van der Waals surface area contributed by atoms with Gasteiger partial charge in [0.1, 0.15) is 11.6 Å². The van der Waals surface area contributed by atoms with Gasteiger partial charge in [-0.1, -0.05) is 113 Å². The van der Waals surface area contributed by atoms with Crippen LogP contribution in [0.2, 0.25) is 0 Å². The van der Waals surface area contributed by atoms with Gasteiger partial charge in [0.25, 0.3) is 0 Å². The Morgan fingerprint density at radius 3 is 1.87 bits per heavy atom. The highest BCUT2D eigenvalue weighted by molar-refractivity contribution is 5.83. The third kappa shape index (κ3) is 5.49. The van der Waals surface area contributed by atoms with Crippen LogP contribution in [0.1, 0.15) is 61.8 Å². The van der Waals surface area contributed by atoms with Crippen LogP contribution in [0.3, 0.4) is 0 Å². The zero-order valence-electron chi connectivity index (χ0n) is 26.4. The number of benzene rings is 5. The molecule has 0 amide bonds. The minimum absolute atomic E-state index is 0.405. The molecule has 0 aliphatic rings. The fourth-order valence-corrected chi connectivity index (χ4v) is 6.42. The molecule has 0 N–H and O–H groups in total. The first-order chi connectivity index (χ1) is 22.0. The van der Waals surface area contributed by atoms with E-state index in [1.165, 1.54) is 27.9 Å². The first-order valence-electron chi connectivity index (χ1n) is 15.9. The number of imidazole rings is 2. The molecule has 0 radical (unpaired) electrons. The molecule has 5 aromatic carbocycles. The van der Waals surface area contributed by atoms with E-state index in [9.17, 15) is 0 Å². The quantitative estimate of drug-likeness (QED) is 0.178. The Balaban J connectivity index is 1.25. The molecular weight excluding hydrogens is 548 g/mol. The van der Waals surface area contributed by atoms with Crippen LogP contribution >= 0.6 is 0 Å². The Morgan fingerprint density at radius 1 is 0.600 bits per heavy atom. The van der Waals surface area contributed by atoms with Crippen LogP contribution < -0.4 is 0 Å². The lowest BCUT2D eigenvalue weighted by Crippen LogP contribution is -2.07. The largest absolute Gasteiger partial charge is 0.299 e. The number of rotatable bonds is 8. The molecular formula is C41H38N4. The van der Waals surface area contributed by atoms with E-state index in [1.54, 1.807) is 0 Å². The lowest BCUT2D eigenvalue weighted by atomic mass is 9.92. The highest BCUT2D eigenvalue weighted by atomic mass is 15.1. The van der Waals surface area contributed by atoms with Crippen LogP contribution in [-0.4, -0.2) is 19.1 Å². The fourth-order valence-electron chi connectivity index (χ4n) is 6.42. The van der Waals surface area contributed by atoms with E-state index in [2.05, 4.69) is 158 Å². The van der Waals surface area contributed by atoms with E-state index >= 15 is 0 Å². The maximum Gasteiger partial charge on any atom is 0.145 e. The van der Waals surface area contributed by atoms with Gasteiger partial charge >= 0.3 is 0 Å². The summed E-state index contributed by atoms with van der Waals surface area (Å²) in [5.41, 5.74) is 11.9. The average molecular weight is 587 g/mol. The minimum atomic E-state index is 0.405. The molecule has 0 spiro atoms. The van der Waals surface area contributed by atoms with Gasteiger partial charge in [-0.2, -0.15) is 0 Å². The van der Waals surface area contributed by atoms with Gasteiger partial charge in [-0.25, -0.2) is 9.97 Å². The van der Waals surface area contributed by atoms with E-state index in [-0.39, 0.29) is 0 Å². The molecule has 7 aromatic rings. The second-order valence-corrected chi connectivity index (χ2v) is 12.4. The minimum Gasteiger partial charge on any atom is -0.299 e. The Morgan fingerprint density at radius 2 is 1.20 bits per heavy atom. The molecule has 0 fully saturated rings. The Hall–Kier alpha value is -5.22. The zero-order chi connectivity index (χ0) is 30.9. The van der Waals surface area contributed by atoms with Gasteiger partial charge in [-0.05, 0) is 76.9 Å². The highest BCUT2D eigenvalue weighted by Gasteiger charge is 2.19. The molecule has 222 valence electrons. The van der Waals surface area contributed by atoms with Crippen LogP contribution in [0, 0.1) is 0 Å². The monoisotopic (exact) mass is 586 g/mol. The van der Waals surface area contributed by atoms with Crippen LogP contribution in [-0.2, 0) is 6.42 Å². The van der Waals surface area contributed by atoms with Crippen molar-refractivity contribution >= 4 is 11.0 Å². The topological polar surface area (TPSA) is 35.6 Å². The second-order valence-electron chi connectivity index (χ2n) is 12.4. The summed E-state index contributed by atoms with van der Waals surface area (Å²) in [5, 5.41) is 0. The lowest BCUT2D eigenvalue weighted by molar-refractivity contribution is 0.806. The molecule has 0 atom stereocenters. The number of hydrogen-bond donors (Lipinski definition) is 0. The number of aromatic nitrogens is 4. The van der Waals surface area contributed by atoms with Crippen molar-refractivity contribution < 1.29 is 0 Å². The van der Waals surface area contributed by atoms with Gasteiger partial charge < -0.3 is 0 Å². The third-order valence-corrected chi connectivity index (χ3v) is 8.58. The SMILES string of the molecule is CC(C)c1cccc(C(C)C)c1-n1ccnc1-c1cccc(Cc2cccc(-c3nc4ccccc4n3-c3ccccc3)c2)c1. The summed E-state index contributed by atoms with van der Waals surface area (Å²) in [7, 11) is 0. The molecule has 0 saturated carbocycles. The summed E-state index contributed by atoms with van der Waals surface area (Å²) in [5.74, 6) is 2.73. The standard InChI is InChI=1S/C41H38N4/c1-28(2)35-19-12-20-36(29(3)4)39(35)44-24-23-42-40(44)32-15-10-13-30(26-32)25-31-14-11-16-33(27-31)41-43-37-21-8-9-22-38(37)45(41)34-17-6-5-7-18-34/h5-24,26-29H,25H2,1-4H3. The predicted octanol–water partition coefficient (Wildman–Crippen LogP) is 10.4. The number of fused-ring (bicyclic) bond motifs is 1. The van der Waals surface area contributed by atoms with Crippen LogP contribution in [0.5, 0.6) is 0 Å². The van der Waals surface area contributed by atoms with E-state index in [0.717, 1.165) is 45.9 Å². The molecule has 4 nitrogen and oxygen atoms in total. The van der Waals surface area contributed by atoms with Crippen molar-refractivity contribution in [1.29, 1.82) is 0 Å². The molecule has 2 aromatic heterocycles. The van der Waals surface area contributed by atoms with Crippen LogP contribution in [0.25, 0.3) is 45.2 Å². The smallest absolute Gasteiger partial charge is 0.145 e. The van der Waals surface area contributed by atoms with Crippen molar-refractivity contribution in [3.63, 3.8) is 0 Å². The Labute approximate surface area is 265 Å². The molecule has 7 rings (SSSR count). The van der Waals surface area contributed by atoms with Gasteiger partial charge in [-0.3, -0.25) is 9.13 Å². The van der Waals surface area contributed by atoms with E-state index in [1.807, 2.05) is 12.3 Å². The molecule has 0 aliphatic carbocycles. The maximum absolute atomic E-state index is 5.08. The van der Waals surface area contributed by atoms with Crippen molar-refractivity contribution in [1.82, 2.24) is 19.1 Å². The second kappa shape index (κ2) is 12.0. The molecule has 0 unspecified atom stereocenters. The first kappa shape index (κ1) is 28.5. The summed E-state index contributed by atoms with van der Waals surface area (Å²) in [6.07, 6.45) is 4.84. The lowest BCUT2D eigenvalue weighted by Gasteiger charge is -2.22. The highest BCUT2D eigenvalue weighted by Crippen LogP contribution is 2.34. The maximum atomic E-state index is 5.08. The van der Waals surface area contributed by atoms with Crippen molar-refractivity contribution in [3.8, 4) is 34.2 Å². The van der Waals surface area contributed by atoms with E-state index < -0.39 is 0 Å². The van der Waals surface area contributed by atoms with Crippen molar-refractivity contribution in [2.45, 2.75) is 46.0 Å². The summed E-state index contributed by atoms with van der Waals surface area (Å²) in [4.78, 5) is 9.96. The normalized spacial score (nSPS) is 11.6. The number of para-hydroxylation sites is 4. The van der Waals surface area contributed by atoms with Crippen LogP contribution in [0.15, 0.2) is 134 Å². The number of hydrogen-bond acceptors (Lipinski definition) is 2. The van der Waals surface area contributed by atoms with Gasteiger partial charge in [0.2, 0.25) is 0 Å². The first-order valence-corrected chi connectivity index (χ1v) is 15.9. The third-order valence-electron chi connectivity index (χ3n) is 8.58. The molecule has 45 heavy (non-hydrogen) atoms. The van der Waals surface area contributed by atoms with Crippen molar-refractivity contribution in [2.24, 2.45) is 0 Å². The summed E-state index contributed by atoms with van der Waals surface area (Å²) < 4.78 is 4.55. The summed E-state index contributed by atoms with van der Waals surface area (Å²) >= 11 is 0. The summed E-state index contributed by atoms with van der Waals surface area (Å²) in [6.45, 7) is 9.07. The Bertz CT molecular complexity index is 2070.